The molecule has 2 heterocycles. The topological polar surface area (TPSA) is 89.7 Å². The number of ether oxygens (including phenoxy) is 3. The lowest BCUT2D eigenvalue weighted by Gasteiger charge is -2.26. The number of ketones is 1. The monoisotopic (exact) mass is 453 g/mol. The molecule has 1 amide bonds. The highest BCUT2D eigenvalue weighted by molar-refractivity contribution is 6.46. The second-order valence-electron chi connectivity index (χ2n) is 8.43. The molecule has 4 rings (SSSR count). The quantitative estimate of drug-likeness (QED) is 0.375. The number of amides is 1. The predicted octanol–water partition coefficient (Wildman–Crippen LogP) is 1.42. The Bertz CT molecular complexity index is 1080. The van der Waals surface area contributed by atoms with Crippen LogP contribution >= 0.6 is 0 Å². The summed E-state index contributed by atoms with van der Waals surface area (Å²) in [4.78, 5) is 29.0. The molecule has 1 atom stereocenters. The number of carbonyl (C=O) groups is 2. The van der Waals surface area contributed by atoms with Crippen molar-refractivity contribution in [3.8, 4) is 17.2 Å². The summed E-state index contributed by atoms with van der Waals surface area (Å²) in [5.41, 5.74) is 1.19. The van der Waals surface area contributed by atoms with E-state index in [4.69, 9.17) is 14.2 Å². The van der Waals surface area contributed by atoms with Gasteiger partial charge in [0.2, 0.25) is 0 Å². The first-order valence-corrected chi connectivity index (χ1v) is 11.0. The number of fused-ring (bicyclic) bond motifs is 1. The highest BCUT2D eigenvalue weighted by Crippen LogP contribution is 2.41. The molecule has 0 radical (unpaired) electrons. The van der Waals surface area contributed by atoms with Gasteiger partial charge < -0.3 is 29.1 Å². The Hall–Kier alpha value is -3.52. The van der Waals surface area contributed by atoms with E-state index in [9.17, 15) is 14.7 Å². The lowest BCUT2D eigenvalue weighted by atomic mass is 9.95. The molecule has 2 aromatic carbocycles. The van der Waals surface area contributed by atoms with E-state index in [-0.39, 0.29) is 11.3 Å². The molecule has 2 aliphatic rings. The fourth-order valence-electron chi connectivity index (χ4n) is 4.19. The van der Waals surface area contributed by atoms with Crippen molar-refractivity contribution >= 4 is 17.4 Å². The SMILES string of the molecule is COc1ccc([C@H]2/C(=C(/O)c3ccc4c(c3)OCCO4)C(=O)C(=O)N2CCC[NH+](C)C)cc1. The zero-order valence-electron chi connectivity index (χ0n) is 19.1. The molecule has 33 heavy (non-hydrogen) atoms. The number of hydrogen-bond donors (Lipinski definition) is 2. The molecule has 8 heteroatoms. The molecule has 2 aromatic rings. The third kappa shape index (κ3) is 4.52. The smallest absolute Gasteiger partial charge is 0.295 e. The van der Waals surface area contributed by atoms with Gasteiger partial charge in [-0.3, -0.25) is 9.59 Å². The van der Waals surface area contributed by atoms with Crippen molar-refractivity contribution in [3.63, 3.8) is 0 Å². The van der Waals surface area contributed by atoms with E-state index < -0.39 is 17.7 Å². The fraction of sp³-hybridized carbons (Fsp3) is 0.360. The van der Waals surface area contributed by atoms with Crippen molar-refractivity contribution in [2.24, 2.45) is 0 Å². The maximum absolute atomic E-state index is 13.1. The summed E-state index contributed by atoms with van der Waals surface area (Å²) in [6.45, 7) is 2.11. The minimum absolute atomic E-state index is 0.0686. The molecule has 0 spiro atoms. The first kappa shape index (κ1) is 22.7. The van der Waals surface area contributed by atoms with Crippen molar-refractivity contribution in [2.45, 2.75) is 12.5 Å². The second-order valence-corrected chi connectivity index (χ2v) is 8.43. The van der Waals surface area contributed by atoms with Gasteiger partial charge in [0.25, 0.3) is 11.7 Å². The van der Waals surface area contributed by atoms with Crippen molar-refractivity contribution in [3.05, 3.63) is 59.2 Å². The molecule has 0 aromatic heterocycles. The van der Waals surface area contributed by atoms with E-state index in [2.05, 4.69) is 0 Å². The molecule has 174 valence electrons. The molecule has 8 nitrogen and oxygen atoms in total. The number of hydrogen-bond acceptors (Lipinski definition) is 6. The van der Waals surface area contributed by atoms with Gasteiger partial charge in [-0.05, 0) is 35.9 Å². The fourth-order valence-corrected chi connectivity index (χ4v) is 4.19. The largest absolute Gasteiger partial charge is 0.507 e. The van der Waals surface area contributed by atoms with Crippen LogP contribution in [0.2, 0.25) is 0 Å². The first-order chi connectivity index (χ1) is 15.9. The molecule has 0 aliphatic carbocycles. The van der Waals surface area contributed by atoms with E-state index in [0.29, 0.717) is 42.6 Å². The number of carbonyl (C=O) groups excluding carboxylic acids is 2. The Labute approximate surface area is 193 Å². The molecule has 0 saturated carbocycles. The normalized spacial score (nSPS) is 19.3. The number of aliphatic hydroxyl groups excluding tert-OH is 1. The van der Waals surface area contributed by atoms with E-state index in [1.165, 1.54) is 4.90 Å². The van der Waals surface area contributed by atoms with Crippen LogP contribution < -0.4 is 19.1 Å². The Kier molecular flexibility index (Phi) is 6.55. The first-order valence-electron chi connectivity index (χ1n) is 11.0. The van der Waals surface area contributed by atoms with Gasteiger partial charge in [-0.1, -0.05) is 12.1 Å². The van der Waals surface area contributed by atoms with Crippen LogP contribution in [0.3, 0.4) is 0 Å². The molecule has 2 N–H and O–H groups in total. The van der Waals surface area contributed by atoms with Crippen LogP contribution in [0.15, 0.2) is 48.0 Å². The summed E-state index contributed by atoms with van der Waals surface area (Å²) < 4.78 is 16.4. The lowest BCUT2D eigenvalue weighted by Crippen LogP contribution is -3.05. The number of quaternary nitrogens is 1. The Morgan fingerprint density at radius 2 is 1.79 bits per heavy atom. The van der Waals surface area contributed by atoms with Gasteiger partial charge in [0.05, 0.1) is 39.4 Å². The molecule has 0 bridgehead atoms. The van der Waals surface area contributed by atoms with Crippen molar-refractivity contribution in [1.29, 1.82) is 0 Å². The summed E-state index contributed by atoms with van der Waals surface area (Å²) >= 11 is 0. The highest BCUT2D eigenvalue weighted by atomic mass is 16.6. The molecular weight excluding hydrogens is 424 g/mol. The van der Waals surface area contributed by atoms with Gasteiger partial charge in [0.15, 0.2) is 11.5 Å². The molecule has 2 aliphatic heterocycles. The Morgan fingerprint density at radius 3 is 2.45 bits per heavy atom. The molecule has 0 unspecified atom stereocenters. The maximum Gasteiger partial charge on any atom is 0.295 e. The van der Waals surface area contributed by atoms with E-state index >= 15 is 0 Å². The summed E-state index contributed by atoms with van der Waals surface area (Å²) in [6, 6.07) is 11.5. The summed E-state index contributed by atoms with van der Waals surface area (Å²) in [7, 11) is 5.65. The molecule has 1 saturated heterocycles. The van der Waals surface area contributed by atoms with Gasteiger partial charge in [-0.15, -0.1) is 0 Å². The average Bonchev–Trinajstić information content (AvgIpc) is 3.08. The lowest BCUT2D eigenvalue weighted by molar-refractivity contribution is -0.858. The predicted molar refractivity (Wildman–Crippen MR) is 122 cm³/mol. The van der Waals surface area contributed by atoms with Gasteiger partial charge in [-0.25, -0.2) is 0 Å². The third-order valence-electron chi connectivity index (χ3n) is 5.86. The number of nitrogens with one attached hydrogen (secondary N) is 1. The van der Waals surface area contributed by atoms with Gasteiger partial charge in [0, 0.05) is 18.5 Å². The zero-order valence-corrected chi connectivity index (χ0v) is 19.1. The van der Waals surface area contributed by atoms with Crippen LogP contribution in [0.5, 0.6) is 17.2 Å². The van der Waals surface area contributed by atoms with Crippen LogP contribution in [0, 0.1) is 0 Å². The van der Waals surface area contributed by atoms with Crippen molar-refractivity contribution in [2.75, 3.05) is 47.5 Å². The van der Waals surface area contributed by atoms with Crippen molar-refractivity contribution in [1.82, 2.24) is 4.90 Å². The van der Waals surface area contributed by atoms with Crippen molar-refractivity contribution < 1.29 is 33.8 Å². The van der Waals surface area contributed by atoms with E-state index in [1.54, 1.807) is 42.3 Å². The van der Waals surface area contributed by atoms with Crippen LogP contribution in [0.25, 0.3) is 5.76 Å². The minimum Gasteiger partial charge on any atom is -0.507 e. The maximum atomic E-state index is 13.1. The summed E-state index contributed by atoms with van der Waals surface area (Å²) in [5, 5.41) is 11.2. The number of Topliss-reactive ketones (excluding diaryl/α,β-unsaturated/α-hetero) is 1. The number of likely N-dealkylation sites (tertiary alicyclic amines) is 1. The number of nitrogens with zero attached hydrogens (tertiary/aromatic N) is 1. The Morgan fingerprint density at radius 1 is 1.09 bits per heavy atom. The number of methoxy groups -OCH3 is 1. The number of rotatable bonds is 7. The zero-order chi connectivity index (χ0) is 23.5. The summed E-state index contributed by atoms with van der Waals surface area (Å²) in [5.74, 6) is 0.209. The van der Waals surface area contributed by atoms with Crippen LogP contribution in [0.1, 0.15) is 23.6 Å². The standard InChI is InChI=1S/C25H28N2O6/c1-26(2)11-4-12-27-22(16-5-8-18(31-3)9-6-16)21(24(29)25(27)30)23(28)17-7-10-19-20(15-17)33-14-13-32-19/h5-10,15,22,28H,4,11-14H2,1-3H3/p+1/b23-21-/t22-/m0/s1. The van der Waals surface area contributed by atoms with E-state index in [1.807, 2.05) is 26.2 Å². The van der Waals surface area contributed by atoms with Gasteiger partial charge in [-0.2, -0.15) is 0 Å². The third-order valence-corrected chi connectivity index (χ3v) is 5.86. The number of aliphatic hydroxyl groups is 1. The second kappa shape index (κ2) is 9.54. The van der Waals surface area contributed by atoms with Crippen LogP contribution in [-0.4, -0.2) is 69.2 Å². The van der Waals surface area contributed by atoms with Gasteiger partial charge in [0.1, 0.15) is 24.7 Å². The highest BCUT2D eigenvalue weighted by Gasteiger charge is 2.46. The van der Waals surface area contributed by atoms with Gasteiger partial charge >= 0.3 is 0 Å². The van der Waals surface area contributed by atoms with Crippen LogP contribution in [0.4, 0.5) is 0 Å². The van der Waals surface area contributed by atoms with E-state index in [0.717, 1.165) is 18.5 Å². The van der Waals surface area contributed by atoms with Crippen LogP contribution in [-0.2, 0) is 9.59 Å². The number of benzene rings is 2. The average molecular weight is 454 g/mol. The molecule has 1 fully saturated rings. The summed E-state index contributed by atoms with van der Waals surface area (Å²) in [6.07, 6.45) is 0.728. The Balaban J connectivity index is 1.77. The molecular formula is C25H29N2O6+. The minimum atomic E-state index is -0.694.